The molecular weight excluding hydrogens is 384 g/mol. The number of anilines is 1. The standard InChI is InChI=1S/C21H28N6O3/c1-25-14-16(13-23-25)18(12-19(28)29)27-11-10-26(21(27)30)9-3-5-17-7-6-15-4-2-8-22-20(15)24-17/h6-7,13-14,18H,2-5,8-12H2,1H3,(H,22,24)(H,28,29). The fourth-order valence-corrected chi connectivity index (χ4v) is 4.24. The Bertz CT molecular complexity index is 927. The fourth-order valence-electron chi connectivity index (χ4n) is 4.24. The van der Waals surface area contributed by atoms with E-state index in [0.29, 0.717) is 19.6 Å². The lowest BCUT2D eigenvalue weighted by molar-refractivity contribution is -0.138. The number of carbonyl (C=O) groups excluding carboxylic acids is 1. The molecule has 1 saturated heterocycles. The van der Waals surface area contributed by atoms with E-state index in [-0.39, 0.29) is 12.5 Å². The Hall–Kier alpha value is -3.10. The van der Waals surface area contributed by atoms with Crippen LogP contribution in [0.15, 0.2) is 24.5 Å². The lowest BCUT2D eigenvalue weighted by Crippen LogP contribution is -2.36. The number of aryl methyl sites for hydroxylation is 3. The maximum absolute atomic E-state index is 12.9. The van der Waals surface area contributed by atoms with Crippen LogP contribution in [0, 0.1) is 0 Å². The van der Waals surface area contributed by atoms with Gasteiger partial charge in [-0.25, -0.2) is 9.78 Å². The average molecular weight is 412 g/mol. The predicted octanol–water partition coefficient (Wildman–Crippen LogP) is 2.06. The van der Waals surface area contributed by atoms with E-state index >= 15 is 0 Å². The number of amides is 2. The lowest BCUT2D eigenvalue weighted by Gasteiger charge is -2.26. The molecule has 0 aromatic carbocycles. The number of nitrogens with one attached hydrogen (secondary N) is 1. The summed E-state index contributed by atoms with van der Waals surface area (Å²) < 4.78 is 1.63. The molecule has 0 radical (unpaired) electrons. The summed E-state index contributed by atoms with van der Waals surface area (Å²) >= 11 is 0. The number of aliphatic carboxylic acids is 1. The van der Waals surface area contributed by atoms with E-state index in [1.165, 1.54) is 5.56 Å². The monoisotopic (exact) mass is 412 g/mol. The van der Waals surface area contributed by atoms with Gasteiger partial charge < -0.3 is 20.2 Å². The quantitative estimate of drug-likeness (QED) is 0.688. The molecule has 1 atom stereocenters. The summed E-state index contributed by atoms with van der Waals surface area (Å²) in [6.07, 6.45) is 7.13. The number of aromatic nitrogens is 3. The Morgan fingerprint density at radius 2 is 2.20 bits per heavy atom. The van der Waals surface area contributed by atoms with Crippen LogP contribution in [-0.4, -0.2) is 67.9 Å². The van der Waals surface area contributed by atoms with Crippen LogP contribution in [0.25, 0.3) is 0 Å². The van der Waals surface area contributed by atoms with Gasteiger partial charge in [-0.15, -0.1) is 0 Å². The predicted molar refractivity (Wildman–Crippen MR) is 111 cm³/mol. The van der Waals surface area contributed by atoms with Crippen molar-refractivity contribution in [2.75, 3.05) is 31.5 Å². The molecule has 2 aromatic heterocycles. The Kier molecular flexibility index (Phi) is 5.87. The summed E-state index contributed by atoms with van der Waals surface area (Å²) in [7, 11) is 1.78. The highest BCUT2D eigenvalue weighted by atomic mass is 16.4. The number of urea groups is 1. The van der Waals surface area contributed by atoms with Crippen molar-refractivity contribution in [3.63, 3.8) is 0 Å². The minimum absolute atomic E-state index is 0.106. The highest BCUT2D eigenvalue weighted by molar-refractivity contribution is 5.78. The highest BCUT2D eigenvalue weighted by Gasteiger charge is 2.35. The molecule has 1 fully saturated rings. The van der Waals surface area contributed by atoms with Gasteiger partial charge in [0.25, 0.3) is 0 Å². The zero-order chi connectivity index (χ0) is 21.1. The van der Waals surface area contributed by atoms with Gasteiger partial charge in [0, 0.05) is 50.7 Å². The Balaban J connectivity index is 1.35. The van der Waals surface area contributed by atoms with Crippen molar-refractivity contribution in [2.45, 2.75) is 38.1 Å². The second-order valence-corrected chi connectivity index (χ2v) is 7.97. The Labute approximate surface area is 175 Å². The van der Waals surface area contributed by atoms with Crippen molar-refractivity contribution in [1.29, 1.82) is 0 Å². The van der Waals surface area contributed by atoms with E-state index in [4.69, 9.17) is 4.98 Å². The molecule has 4 rings (SSSR count). The van der Waals surface area contributed by atoms with E-state index in [9.17, 15) is 14.7 Å². The first-order chi connectivity index (χ1) is 14.5. The smallest absolute Gasteiger partial charge is 0.320 e. The first-order valence-electron chi connectivity index (χ1n) is 10.5. The first-order valence-corrected chi connectivity index (χ1v) is 10.5. The minimum atomic E-state index is -0.929. The van der Waals surface area contributed by atoms with Gasteiger partial charge in [-0.3, -0.25) is 9.48 Å². The number of hydrogen-bond donors (Lipinski definition) is 2. The lowest BCUT2D eigenvalue weighted by atomic mass is 10.1. The van der Waals surface area contributed by atoms with Crippen LogP contribution < -0.4 is 5.32 Å². The van der Waals surface area contributed by atoms with Crippen LogP contribution in [0.1, 0.15) is 42.1 Å². The molecule has 30 heavy (non-hydrogen) atoms. The topological polar surface area (TPSA) is 104 Å². The molecule has 1 unspecified atom stereocenters. The summed E-state index contributed by atoms with van der Waals surface area (Å²) in [6.45, 7) is 2.73. The molecule has 9 heteroatoms. The molecule has 2 aromatic rings. The Morgan fingerprint density at radius 3 is 2.97 bits per heavy atom. The zero-order valence-electron chi connectivity index (χ0n) is 17.3. The van der Waals surface area contributed by atoms with E-state index in [0.717, 1.165) is 49.3 Å². The van der Waals surface area contributed by atoms with E-state index in [1.807, 2.05) is 4.90 Å². The van der Waals surface area contributed by atoms with Crippen LogP contribution >= 0.6 is 0 Å². The molecule has 160 valence electrons. The van der Waals surface area contributed by atoms with E-state index < -0.39 is 12.0 Å². The van der Waals surface area contributed by atoms with E-state index in [1.54, 1.807) is 29.0 Å². The van der Waals surface area contributed by atoms with Gasteiger partial charge in [-0.2, -0.15) is 5.10 Å². The average Bonchev–Trinajstić information content (AvgIpc) is 3.32. The number of hydrogen-bond acceptors (Lipinski definition) is 5. The molecule has 2 aliphatic heterocycles. The maximum Gasteiger partial charge on any atom is 0.320 e. The van der Waals surface area contributed by atoms with Gasteiger partial charge in [0.05, 0.1) is 18.7 Å². The van der Waals surface area contributed by atoms with Gasteiger partial charge >= 0.3 is 12.0 Å². The van der Waals surface area contributed by atoms with Gasteiger partial charge in [0.1, 0.15) is 5.82 Å². The minimum Gasteiger partial charge on any atom is -0.481 e. The van der Waals surface area contributed by atoms with Crippen LogP contribution in [0.4, 0.5) is 10.6 Å². The molecule has 2 amide bonds. The molecule has 2 aliphatic rings. The summed E-state index contributed by atoms with van der Waals surface area (Å²) in [5, 5.41) is 16.8. The first kappa shape index (κ1) is 20.2. The van der Waals surface area contributed by atoms with Gasteiger partial charge in [-0.1, -0.05) is 6.07 Å². The van der Waals surface area contributed by atoms with Gasteiger partial charge in [-0.05, 0) is 37.3 Å². The second kappa shape index (κ2) is 8.73. The molecule has 0 bridgehead atoms. The van der Waals surface area contributed by atoms with Crippen LogP contribution in [0.3, 0.4) is 0 Å². The molecule has 0 spiro atoms. The van der Waals surface area contributed by atoms with Crippen LogP contribution in [0.5, 0.6) is 0 Å². The van der Waals surface area contributed by atoms with Crippen molar-refractivity contribution >= 4 is 17.8 Å². The summed E-state index contributed by atoms with van der Waals surface area (Å²) in [5.41, 5.74) is 3.06. The van der Waals surface area contributed by atoms with Gasteiger partial charge in [0.2, 0.25) is 0 Å². The molecule has 9 nitrogen and oxygen atoms in total. The fraction of sp³-hybridized carbons (Fsp3) is 0.524. The number of pyridine rings is 1. The molecular formula is C21H28N6O3. The molecule has 4 heterocycles. The van der Waals surface area contributed by atoms with Crippen molar-refractivity contribution in [3.8, 4) is 0 Å². The third-order valence-electron chi connectivity index (χ3n) is 5.79. The largest absolute Gasteiger partial charge is 0.481 e. The maximum atomic E-state index is 12.9. The third kappa shape index (κ3) is 4.39. The van der Waals surface area contributed by atoms with Crippen molar-refractivity contribution < 1.29 is 14.7 Å². The summed E-state index contributed by atoms with van der Waals surface area (Å²) in [6, 6.07) is 3.62. The van der Waals surface area contributed by atoms with Gasteiger partial charge in [0.15, 0.2) is 0 Å². The summed E-state index contributed by atoms with van der Waals surface area (Å²) in [4.78, 5) is 32.5. The highest BCUT2D eigenvalue weighted by Crippen LogP contribution is 2.28. The molecule has 0 saturated carbocycles. The normalized spacial score (nSPS) is 17.0. The third-order valence-corrected chi connectivity index (χ3v) is 5.79. The Morgan fingerprint density at radius 1 is 1.33 bits per heavy atom. The van der Waals surface area contributed by atoms with E-state index in [2.05, 4.69) is 22.5 Å². The van der Waals surface area contributed by atoms with Crippen molar-refractivity contribution in [2.24, 2.45) is 7.05 Å². The zero-order valence-corrected chi connectivity index (χ0v) is 17.3. The van der Waals surface area contributed by atoms with Crippen molar-refractivity contribution in [3.05, 3.63) is 41.3 Å². The van der Waals surface area contributed by atoms with Crippen LogP contribution in [-0.2, 0) is 24.7 Å². The number of carboxylic acids is 1. The summed E-state index contributed by atoms with van der Waals surface area (Å²) in [5.74, 6) is 0.0670. The number of nitrogens with zero attached hydrogens (tertiary/aromatic N) is 5. The number of carboxylic acid groups (broad SMARTS) is 1. The van der Waals surface area contributed by atoms with Crippen LogP contribution in [0.2, 0.25) is 0 Å². The molecule has 0 aliphatic carbocycles. The number of rotatable bonds is 8. The second-order valence-electron chi connectivity index (χ2n) is 7.97. The number of fused-ring (bicyclic) bond motifs is 1. The van der Waals surface area contributed by atoms with Crippen molar-refractivity contribution in [1.82, 2.24) is 24.6 Å². The number of carbonyl (C=O) groups is 2. The SMILES string of the molecule is Cn1cc(C(CC(=O)O)N2CCN(CCCc3ccc4c(n3)NCCC4)C2=O)cn1. The molecule has 2 N–H and O–H groups in total.